The van der Waals surface area contributed by atoms with Crippen LogP contribution in [0.5, 0.6) is 0 Å². The summed E-state index contributed by atoms with van der Waals surface area (Å²) in [6.45, 7) is 5.05. The molecule has 1 amide bonds. The van der Waals surface area contributed by atoms with E-state index in [1.165, 1.54) is 14.0 Å². The van der Waals surface area contributed by atoms with Gasteiger partial charge in [0.05, 0.1) is 6.54 Å². The molecule has 0 aromatic carbocycles. The minimum Gasteiger partial charge on any atom is -0.360 e. The summed E-state index contributed by atoms with van der Waals surface area (Å²) in [6.07, 6.45) is 0. The zero-order valence-corrected chi connectivity index (χ0v) is 11.7. The molecule has 0 fully saturated rings. The van der Waals surface area contributed by atoms with Gasteiger partial charge in [-0.05, 0) is 20.8 Å². The molecule has 0 saturated heterocycles. The van der Waals surface area contributed by atoms with Crippen LogP contribution in [-0.2, 0) is 14.8 Å². The predicted octanol–water partition coefficient (Wildman–Crippen LogP) is 0.0480. The highest BCUT2D eigenvalue weighted by Crippen LogP contribution is 2.21. The van der Waals surface area contributed by atoms with Gasteiger partial charge in [0.1, 0.15) is 10.6 Å². The zero-order valence-electron chi connectivity index (χ0n) is 10.8. The van der Waals surface area contributed by atoms with Crippen LogP contribution < -0.4 is 5.32 Å². The molecule has 7 nitrogen and oxygen atoms in total. The summed E-state index contributed by atoms with van der Waals surface area (Å²) in [5.74, 6) is -0.134. The van der Waals surface area contributed by atoms with Gasteiger partial charge in [-0.1, -0.05) is 5.16 Å². The third kappa shape index (κ3) is 2.88. The maximum absolute atomic E-state index is 12.2. The fourth-order valence-electron chi connectivity index (χ4n) is 1.54. The fraction of sp³-hybridized carbons (Fsp3) is 0.600. The first-order valence-corrected chi connectivity index (χ1v) is 6.90. The van der Waals surface area contributed by atoms with Crippen molar-refractivity contribution >= 4 is 15.9 Å². The number of likely N-dealkylation sites (N-methyl/N-ethyl adjacent to an activating group) is 2. The number of aryl methyl sites for hydroxylation is 2. The van der Waals surface area contributed by atoms with E-state index in [9.17, 15) is 13.2 Å². The van der Waals surface area contributed by atoms with E-state index in [1.54, 1.807) is 13.8 Å². The molecular weight excluding hydrogens is 258 g/mol. The van der Waals surface area contributed by atoms with Gasteiger partial charge in [0.2, 0.25) is 15.9 Å². The van der Waals surface area contributed by atoms with E-state index in [-0.39, 0.29) is 28.8 Å². The third-order valence-corrected chi connectivity index (χ3v) is 4.42. The lowest BCUT2D eigenvalue weighted by Gasteiger charge is -2.16. The fourth-order valence-corrected chi connectivity index (χ4v) is 2.95. The van der Waals surface area contributed by atoms with Gasteiger partial charge in [0.15, 0.2) is 5.76 Å². The van der Waals surface area contributed by atoms with E-state index in [0.29, 0.717) is 6.54 Å². The molecular formula is C10H17N3O4S. The second-order valence-electron chi connectivity index (χ2n) is 3.87. The van der Waals surface area contributed by atoms with Gasteiger partial charge in [0.25, 0.3) is 0 Å². The van der Waals surface area contributed by atoms with Crippen molar-refractivity contribution in [1.29, 1.82) is 0 Å². The van der Waals surface area contributed by atoms with Crippen LogP contribution in [0.4, 0.5) is 0 Å². The van der Waals surface area contributed by atoms with Crippen molar-refractivity contribution in [3.8, 4) is 0 Å². The highest BCUT2D eigenvalue weighted by Gasteiger charge is 2.29. The van der Waals surface area contributed by atoms with Crippen LogP contribution in [0.25, 0.3) is 0 Å². The first-order valence-electron chi connectivity index (χ1n) is 5.46. The molecule has 102 valence electrons. The average molecular weight is 275 g/mol. The Balaban J connectivity index is 2.97. The van der Waals surface area contributed by atoms with Crippen LogP contribution in [0, 0.1) is 13.8 Å². The van der Waals surface area contributed by atoms with E-state index in [1.807, 2.05) is 0 Å². The second-order valence-corrected chi connectivity index (χ2v) is 5.85. The highest BCUT2D eigenvalue weighted by atomic mass is 32.2. The van der Waals surface area contributed by atoms with Gasteiger partial charge in [-0.2, -0.15) is 4.31 Å². The Labute approximate surface area is 106 Å². The van der Waals surface area contributed by atoms with Crippen molar-refractivity contribution in [2.75, 3.05) is 20.1 Å². The summed E-state index contributed by atoms with van der Waals surface area (Å²) in [5.41, 5.74) is 0.287. The first-order chi connectivity index (χ1) is 8.30. The Kier molecular flexibility index (Phi) is 4.47. The molecule has 0 aliphatic carbocycles. The van der Waals surface area contributed by atoms with Crippen LogP contribution >= 0.6 is 0 Å². The molecule has 1 N–H and O–H groups in total. The smallest absolute Gasteiger partial charge is 0.248 e. The number of carbonyl (C=O) groups excluding carboxylic acids is 1. The zero-order chi connectivity index (χ0) is 13.9. The average Bonchev–Trinajstić information content (AvgIpc) is 2.59. The van der Waals surface area contributed by atoms with Gasteiger partial charge in [0, 0.05) is 13.6 Å². The summed E-state index contributed by atoms with van der Waals surface area (Å²) in [6, 6.07) is 0. The number of hydrogen-bond acceptors (Lipinski definition) is 5. The molecule has 0 atom stereocenters. The Bertz CT molecular complexity index is 516. The number of aromatic nitrogens is 1. The van der Waals surface area contributed by atoms with Gasteiger partial charge in [-0.25, -0.2) is 8.42 Å². The molecule has 18 heavy (non-hydrogen) atoms. The minimum absolute atomic E-state index is 0.0225. The topological polar surface area (TPSA) is 92.5 Å². The highest BCUT2D eigenvalue weighted by molar-refractivity contribution is 7.89. The van der Waals surface area contributed by atoms with Crippen LogP contribution in [0.15, 0.2) is 9.42 Å². The van der Waals surface area contributed by atoms with E-state index in [4.69, 9.17) is 4.52 Å². The van der Waals surface area contributed by atoms with E-state index >= 15 is 0 Å². The molecule has 0 saturated carbocycles. The van der Waals surface area contributed by atoms with Crippen LogP contribution in [0.3, 0.4) is 0 Å². The van der Waals surface area contributed by atoms with E-state index in [2.05, 4.69) is 10.5 Å². The maximum atomic E-state index is 12.2. The Morgan fingerprint density at radius 3 is 2.50 bits per heavy atom. The molecule has 1 aromatic heterocycles. The summed E-state index contributed by atoms with van der Waals surface area (Å²) in [4.78, 5) is 11.4. The molecule has 8 heteroatoms. The number of nitrogens with one attached hydrogen (secondary N) is 1. The number of rotatable bonds is 5. The molecule has 1 rings (SSSR count). The Morgan fingerprint density at radius 1 is 1.44 bits per heavy atom. The second kappa shape index (κ2) is 5.49. The lowest BCUT2D eigenvalue weighted by molar-refractivity contribution is -0.121. The van der Waals surface area contributed by atoms with Crippen LogP contribution in [0.2, 0.25) is 0 Å². The van der Waals surface area contributed by atoms with Crippen molar-refractivity contribution in [1.82, 2.24) is 14.8 Å². The molecule has 0 spiro atoms. The molecule has 0 bridgehead atoms. The first kappa shape index (κ1) is 14.7. The number of amides is 1. The molecule has 0 unspecified atom stereocenters. The molecule has 1 aromatic rings. The van der Waals surface area contributed by atoms with Crippen LogP contribution in [-0.4, -0.2) is 43.9 Å². The molecule has 0 aliphatic rings. The van der Waals surface area contributed by atoms with Gasteiger partial charge in [-0.3, -0.25) is 4.79 Å². The predicted molar refractivity (Wildman–Crippen MR) is 64.5 cm³/mol. The summed E-state index contributed by atoms with van der Waals surface area (Å²) >= 11 is 0. The van der Waals surface area contributed by atoms with Gasteiger partial charge in [-0.15, -0.1) is 0 Å². The number of nitrogens with zero attached hydrogens (tertiary/aromatic N) is 2. The monoisotopic (exact) mass is 275 g/mol. The van der Waals surface area contributed by atoms with Gasteiger partial charge < -0.3 is 9.84 Å². The number of sulfonamides is 1. The summed E-state index contributed by atoms with van der Waals surface area (Å²) in [7, 11) is -2.41. The summed E-state index contributed by atoms with van der Waals surface area (Å²) < 4.78 is 30.2. The largest absolute Gasteiger partial charge is 0.360 e. The molecule has 1 heterocycles. The van der Waals surface area contributed by atoms with Crippen molar-refractivity contribution < 1.29 is 17.7 Å². The van der Waals surface area contributed by atoms with E-state index in [0.717, 1.165) is 4.31 Å². The lowest BCUT2D eigenvalue weighted by Crippen LogP contribution is -2.38. The SMILES string of the molecule is CCNC(=O)CN(C)S(=O)(=O)c1c(C)noc1C. The Morgan fingerprint density at radius 2 is 2.06 bits per heavy atom. The van der Waals surface area contributed by atoms with Gasteiger partial charge >= 0.3 is 0 Å². The maximum Gasteiger partial charge on any atom is 0.248 e. The Hall–Kier alpha value is -1.41. The molecule has 0 aliphatic heterocycles. The summed E-state index contributed by atoms with van der Waals surface area (Å²) in [5, 5.41) is 6.14. The van der Waals surface area contributed by atoms with Crippen LogP contribution in [0.1, 0.15) is 18.4 Å². The van der Waals surface area contributed by atoms with Crippen molar-refractivity contribution in [3.05, 3.63) is 11.5 Å². The van der Waals surface area contributed by atoms with Crippen molar-refractivity contribution in [2.45, 2.75) is 25.7 Å². The number of carbonyl (C=O) groups is 1. The molecule has 0 radical (unpaired) electrons. The van der Waals surface area contributed by atoms with E-state index < -0.39 is 10.0 Å². The quantitative estimate of drug-likeness (QED) is 0.819. The number of hydrogen-bond donors (Lipinski definition) is 1. The third-order valence-electron chi connectivity index (χ3n) is 2.38. The normalized spacial score (nSPS) is 11.8. The minimum atomic E-state index is -3.75. The lowest BCUT2D eigenvalue weighted by atomic mass is 10.4. The van der Waals surface area contributed by atoms with Crippen molar-refractivity contribution in [2.24, 2.45) is 0 Å². The van der Waals surface area contributed by atoms with Crippen molar-refractivity contribution in [3.63, 3.8) is 0 Å². The standard InChI is InChI=1S/C10H17N3O4S/c1-5-11-9(14)6-13(4)18(15,16)10-7(2)12-17-8(10)3/h5-6H2,1-4H3,(H,11,14).